The SMILES string of the molecule is COCCNCc1nnc(NC(C)(C)CC(C)(C)C)o1. The van der Waals surface area contributed by atoms with E-state index >= 15 is 0 Å². The summed E-state index contributed by atoms with van der Waals surface area (Å²) in [7, 11) is 1.67. The molecule has 0 aliphatic heterocycles. The Labute approximate surface area is 121 Å². The summed E-state index contributed by atoms with van der Waals surface area (Å²) in [6.45, 7) is 12.9. The molecule has 1 aromatic heterocycles. The molecule has 1 rings (SSSR count). The molecule has 0 saturated carbocycles. The van der Waals surface area contributed by atoms with Crippen molar-refractivity contribution in [1.29, 1.82) is 0 Å². The zero-order valence-electron chi connectivity index (χ0n) is 13.5. The Morgan fingerprint density at radius 1 is 1.15 bits per heavy atom. The first kappa shape index (κ1) is 16.9. The molecule has 1 aromatic rings. The van der Waals surface area contributed by atoms with Crippen molar-refractivity contribution >= 4 is 6.01 Å². The lowest BCUT2D eigenvalue weighted by Crippen LogP contribution is -2.35. The number of ether oxygens (including phenoxy) is 1. The maximum absolute atomic E-state index is 5.58. The summed E-state index contributed by atoms with van der Waals surface area (Å²) in [5.74, 6) is 0.579. The largest absolute Gasteiger partial charge is 0.407 e. The first-order valence-corrected chi connectivity index (χ1v) is 7.02. The average Bonchev–Trinajstić information content (AvgIpc) is 2.67. The molecule has 1 heterocycles. The van der Waals surface area contributed by atoms with E-state index in [9.17, 15) is 0 Å². The number of nitrogens with zero attached hydrogens (tertiary/aromatic N) is 2. The quantitative estimate of drug-likeness (QED) is 0.714. The van der Waals surface area contributed by atoms with Crippen molar-refractivity contribution < 1.29 is 9.15 Å². The molecule has 2 N–H and O–H groups in total. The van der Waals surface area contributed by atoms with Crippen LogP contribution in [-0.2, 0) is 11.3 Å². The van der Waals surface area contributed by atoms with E-state index in [-0.39, 0.29) is 11.0 Å². The van der Waals surface area contributed by atoms with Gasteiger partial charge in [-0.15, -0.1) is 5.10 Å². The average molecular weight is 284 g/mol. The van der Waals surface area contributed by atoms with E-state index in [1.165, 1.54) is 0 Å². The van der Waals surface area contributed by atoms with Gasteiger partial charge < -0.3 is 19.8 Å². The highest BCUT2D eigenvalue weighted by Crippen LogP contribution is 2.29. The molecule has 0 amide bonds. The Kier molecular flexibility index (Phi) is 5.95. The molecule has 6 nitrogen and oxygen atoms in total. The van der Waals surface area contributed by atoms with E-state index in [2.05, 4.69) is 55.4 Å². The van der Waals surface area contributed by atoms with Gasteiger partial charge >= 0.3 is 6.01 Å². The van der Waals surface area contributed by atoms with Crippen molar-refractivity contribution in [3.05, 3.63) is 5.89 Å². The van der Waals surface area contributed by atoms with Crippen LogP contribution in [0.4, 0.5) is 6.01 Å². The number of hydrogen-bond donors (Lipinski definition) is 2. The smallest absolute Gasteiger partial charge is 0.315 e. The lowest BCUT2D eigenvalue weighted by molar-refractivity contribution is 0.198. The van der Waals surface area contributed by atoms with E-state index in [0.717, 1.165) is 13.0 Å². The molecular formula is C14H28N4O2. The molecule has 116 valence electrons. The van der Waals surface area contributed by atoms with E-state index in [1.54, 1.807) is 7.11 Å². The Morgan fingerprint density at radius 3 is 2.45 bits per heavy atom. The van der Waals surface area contributed by atoms with E-state index in [1.807, 2.05) is 0 Å². The number of hydrogen-bond acceptors (Lipinski definition) is 6. The van der Waals surface area contributed by atoms with Crippen LogP contribution in [0.15, 0.2) is 4.42 Å². The van der Waals surface area contributed by atoms with Crippen LogP contribution in [0.3, 0.4) is 0 Å². The van der Waals surface area contributed by atoms with Crippen LogP contribution in [0, 0.1) is 5.41 Å². The van der Waals surface area contributed by atoms with Gasteiger partial charge in [-0.25, -0.2) is 0 Å². The van der Waals surface area contributed by atoms with Crippen LogP contribution in [0.5, 0.6) is 0 Å². The van der Waals surface area contributed by atoms with Crippen LogP contribution in [0.2, 0.25) is 0 Å². The Hall–Kier alpha value is -1.14. The van der Waals surface area contributed by atoms with Gasteiger partial charge in [-0.1, -0.05) is 25.9 Å². The third-order valence-corrected chi connectivity index (χ3v) is 2.64. The van der Waals surface area contributed by atoms with Crippen molar-refractivity contribution in [3.63, 3.8) is 0 Å². The molecule has 0 aromatic carbocycles. The summed E-state index contributed by atoms with van der Waals surface area (Å²) >= 11 is 0. The minimum atomic E-state index is -0.0917. The maximum atomic E-state index is 5.58. The van der Waals surface area contributed by atoms with Crippen molar-refractivity contribution in [2.45, 2.75) is 53.1 Å². The molecule has 0 saturated heterocycles. The van der Waals surface area contributed by atoms with Crippen LogP contribution < -0.4 is 10.6 Å². The summed E-state index contributed by atoms with van der Waals surface area (Å²) < 4.78 is 10.5. The Balaban J connectivity index is 2.46. The number of methoxy groups -OCH3 is 1. The highest BCUT2D eigenvalue weighted by molar-refractivity contribution is 5.22. The second-order valence-electron chi connectivity index (χ2n) is 6.92. The van der Waals surface area contributed by atoms with Crippen molar-refractivity contribution in [3.8, 4) is 0 Å². The third kappa shape index (κ3) is 6.86. The number of aromatic nitrogens is 2. The molecule has 0 radical (unpaired) electrons. The summed E-state index contributed by atoms with van der Waals surface area (Å²) in [5.41, 5.74) is 0.145. The molecule has 0 aliphatic carbocycles. The molecular weight excluding hydrogens is 256 g/mol. The molecule has 0 atom stereocenters. The van der Waals surface area contributed by atoms with Gasteiger partial charge in [0.25, 0.3) is 0 Å². The second kappa shape index (κ2) is 7.04. The van der Waals surface area contributed by atoms with Gasteiger partial charge in [0.1, 0.15) is 0 Å². The summed E-state index contributed by atoms with van der Waals surface area (Å²) in [4.78, 5) is 0. The topological polar surface area (TPSA) is 72.2 Å². The first-order chi connectivity index (χ1) is 9.22. The second-order valence-corrected chi connectivity index (χ2v) is 6.92. The zero-order valence-corrected chi connectivity index (χ0v) is 13.5. The standard InChI is InChI=1S/C14H28N4O2/c1-13(2,3)10-14(4,5)16-12-18-17-11(20-12)9-15-7-8-19-6/h15H,7-10H2,1-6H3,(H,16,18). The van der Waals surface area contributed by atoms with Gasteiger partial charge in [0, 0.05) is 19.2 Å². The van der Waals surface area contributed by atoms with Gasteiger partial charge in [0.05, 0.1) is 13.2 Å². The summed E-state index contributed by atoms with van der Waals surface area (Å²) in [6.07, 6.45) is 1.00. The predicted molar refractivity (Wildman–Crippen MR) is 79.7 cm³/mol. The van der Waals surface area contributed by atoms with Gasteiger partial charge in [0.15, 0.2) is 0 Å². The molecule has 0 unspecified atom stereocenters. The van der Waals surface area contributed by atoms with E-state index < -0.39 is 0 Å². The Bertz CT molecular complexity index is 396. The van der Waals surface area contributed by atoms with Gasteiger partial charge in [-0.05, 0) is 25.7 Å². The summed E-state index contributed by atoms with van der Waals surface area (Å²) in [5, 5.41) is 14.5. The minimum Gasteiger partial charge on any atom is -0.407 e. The minimum absolute atomic E-state index is 0.0917. The van der Waals surface area contributed by atoms with Crippen LogP contribution in [0.1, 0.15) is 46.9 Å². The highest BCUT2D eigenvalue weighted by Gasteiger charge is 2.26. The summed E-state index contributed by atoms with van der Waals surface area (Å²) in [6, 6.07) is 0.475. The highest BCUT2D eigenvalue weighted by atomic mass is 16.5. The van der Waals surface area contributed by atoms with Crippen molar-refractivity contribution in [2.24, 2.45) is 5.41 Å². The fraction of sp³-hybridized carbons (Fsp3) is 0.857. The predicted octanol–water partition coefficient (Wildman–Crippen LogP) is 2.43. The van der Waals surface area contributed by atoms with Crippen LogP contribution in [0.25, 0.3) is 0 Å². The molecule has 0 spiro atoms. The van der Waals surface area contributed by atoms with Crippen molar-refractivity contribution in [1.82, 2.24) is 15.5 Å². The van der Waals surface area contributed by atoms with Crippen LogP contribution >= 0.6 is 0 Å². The monoisotopic (exact) mass is 284 g/mol. The lowest BCUT2D eigenvalue weighted by Gasteiger charge is -2.32. The van der Waals surface area contributed by atoms with Gasteiger partial charge in [0.2, 0.25) is 5.89 Å². The van der Waals surface area contributed by atoms with E-state index in [4.69, 9.17) is 9.15 Å². The Morgan fingerprint density at radius 2 is 1.85 bits per heavy atom. The fourth-order valence-corrected chi connectivity index (χ4v) is 2.40. The third-order valence-electron chi connectivity index (χ3n) is 2.64. The normalized spacial score (nSPS) is 12.7. The molecule has 0 aliphatic rings. The number of anilines is 1. The molecule has 20 heavy (non-hydrogen) atoms. The van der Waals surface area contributed by atoms with Gasteiger partial charge in [-0.3, -0.25) is 0 Å². The number of nitrogens with one attached hydrogen (secondary N) is 2. The molecule has 0 bridgehead atoms. The van der Waals surface area contributed by atoms with Gasteiger partial charge in [-0.2, -0.15) is 0 Å². The zero-order chi connectivity index (χ0) is 15.2. The first-order valence-electron chi connectivity index (χ1n) is 7.02. The lowest BCUT2D eigenvalue weighted by atomic mass is 9.82. The number of rotatable bonds is 8. The van der Waals surface area contributed by atoms with Crippen molar-refractivity contribution in [2.75, 3.05) is 25.6 Å². The maximum Gasteiger partial charge on any atom is 0.315 e. The van der Waals surface area contributed by atoms with Crippen LogP contribution in [-0.4, -0.2) is 36.0 Å². The molecule has 6 heteroatoms. The molecule has 0 fully saturated rings. The van der Waals surface area contributed by atoms with E-state index in [0.29, 0.717) is 25.1 Å². The fourth-order valence-electron chi connectivity index (χ4n) is 2.40.